The van der Waals surface area contributed by atoms with Crippen LogP contribution in [0.15, 0.2) is 91.0 Å². The molecule has 4 heteroatoms. The maximum atomic E-state index is 9.28. The predicted molar refractivity (Wildman–Crippen MR) is 127 cm³/mol. The molecule has 0 spiro atoms. The van der Waals surface area contributed by atoms with Crippen molar-refractivity contribution in [3.8, 4) is 0 Å². The fourth-order valence-electron chi connectivity index (χ4n) is 4.09. The lowest BCUT2D eigenvalue weighted by Gasteiger charge is -2.36. The van der Waals surface area contributed by atoms with E-state index < -0.39 is 5.60 Å². The van der Waals surface area contributed by atoms with Crippen LogP contribution in [-0.4, -0.2) is 38.3 Å². The van der Waals surface area contributed by atoms with E-state index in [9.17, 15) is 5.11 Å². The van der Waals surface area contributed by atoms with E-state index >= 15 is 0 Å². The van der Waals surface area contributed by atoms with Crippen LogP contribution in [0.25, 0.3) is 0 Å². The van der Waals surface area contributed by atoms with E-state index in [0.29, 0.717) is 13.0 Å². The Kier molecular flexibility index (Phi) is 9.92. The number of ether oxygens (including phenoxy) is 3. The molecular formula is C28H34O4. The number of unbranched alkanes of at least 4 members (excludes halogenated alkanes) is 1. The summed E-state index contributed by atoms with van der Waals surface area (Å²) in [5.74, 6) is 0. The van der Waals surface area contributed by atoms with Gasteiger partial charge in [0.1, 0.15) is 12.4 Å². The van der Waals surface area contributed by atoms with Gasteiger partial charge in [-0.2, -0.15) is 0 Å². The first-order valence-electron chi connectivity index (χ1n) is 11.3. The molecule has 170 valence electrons. The van der Waals surface area contributed by atoms with Crippen molar-refractivity contribution in [1.82, 2.24) is 0 Å². The van der Waals surface area contributed by atoms with Gasteiger partial charge in [0.2, 0.25) is 0 Å². The Balaban J connectivity index is 1.79. The van der Waals surface area contributed by atoms with Gasteiger partial charge in [-0.1, -0.05) is 91.0 Å². The summed E-state index contributed by atoms with van der Waals surface area (Å²) >= 11 is 0. The smallest absolute Gasteiger partial charge is 0.146 e. The Morgan fingerprint density at radius 3 is 1.66 bits per heavy atom. The van der Waals surface area contributed by atoms with Gasteiger partial charge < -0.3 is 19.3 Å². The second-order valence-electron chi connectivity index (χ2n) is 7.83. The second kappa shape index (κ2) is 13.1. The lowest BCUT2D eigenvalue weighted by Crippen LogP contribution is -2.33. The van der Waals surface area contributed by atoms with Gasteiger partial charge in [-0.25, -0.2) is 0 Å². The summed E-state index contributed by atoms with van der Waals surface area (Å²) in [5, 5.41) is 9.28. The van der Waals surface area contributed by atoms with Crippen LogP contribution in [0.2, 0.25) is 0 Å². The third-order valence-electron chi connectivity index (χ3n) is 5.65. The molecular weight excluding hydrogens is 400 g/mol. The first kappa shape index (κ1) is 24.1. The predicted octanol–water partition coefficient (Wildman–Crippen LogP) is 5.54. The number of hydrogen-bond acceptors (Lipinski definition) is 4. The standard InChI is InChI=1S/C28H34O4/c1-30-23-31-27(20-21-29)19-11-12-22-32-28(24-13-5-2-6-14-24,25-15-7-3-8-16-25)26-17-9-4-10-18-26/h2-10,13-18,27,29H,11-12,19-23H2,1H3/t27-/m1/s1. The third-order valence-corrected chi connectivity index (χ3v) is 5.65. The summed E-state index contributed by atoms with van der Waals surface area (Å²) in [5.41, 5.74) is 2.65. The van der Waals surface area contributed by atoms with Crippen molar-refractivity contribution >= 4 is 0 Å². The molecule has 0 fully saturated rings. The number of benzene rings is 3. The minimum Gasteiger partial charge on any atom is -0.396 e. The topological polar surface area (TPSA) is 47.9 Å². The Labute approximate surface area is 191 Å². The molecule has 1 atom stereocenters. The highest BCUT2D eigenvalue weighted by Crippen LogP contribution is 2.40. The molecule has 0 bridgehead atoms. The van der Waals surface area contributed by atoms with E-state index in [1.165, 1.54) is 0 Å². The van der Waals surface area contributed by atoms with Crippen molar-refractivity contribution in [2.24, 2.45) is 0 Å². The number of rotatable bonds is 14. The number of hydrogen-bond donors (Lipinski definition) is 1. The van der Waals surface area contributed by atoms with Gasteiger partial charge in [0.05, 0.1) is 6.10 Å². The molecule has 0 saturated heterocycles. The maximum absolute atomic E-state index is 9.28. The van der Waals surface area contributed by atoms with Crippen molar-refractivity contribution in [2.45, 2.75) is 37.4 Å². The molecule has 3 aromatic rings. The molecule has 3 rings (SSSR count). The van der Waals surface area contributed by atoms with E-state index in [2.05, 4.69) is 72.8 Å². The molecule has 4 nitrogen and oxygen atoms in total. The van der Waals surface area contributed by atoms with Gasteiger partial charge in [-0.05, 0) is 42.4 Å². The molecule has 0 radical (unpaired) electrons. The molecule has 0 heterocycles. The van der Waals surface area contributed by atoms with Crippen LogP contribution in [0.3, 0.4) is 0 Å². The molecule has 0 aliphatic carbocycles. The quantitative estimate of drug-likeness (QED) is 0.206. The average Bonchev–Trinajstić information content (AvgIpc) is 2.86. The Morgan fingerprint density at radius 2 is 1.22 bits per heavy atom. The summed E-state index contributed by atoms with van der Waals surface area (Å²) < 4.78 is 17.5. The molecule has 0 amide bonds. The molecule has 0 aromatic heterocycles. The zero-order valence-corrected chi connectivity index (χ0v) is 18.9. The number of aliphatic hydroxyl groups is 1. The molecule has 0 aliphatic rings. The van der Waals surface area contributed by atoms with Crippen LogP contribution in [0, 0.1) is 0 Å². The molecule has 3 aromatic carbocycles. The summed E-state index contributed by atoms with van der Waals surface area (Å²) in [6.07, 6.45) is 3.33. The largest absolute Gasteiger partial charge is 0.396 e. The maximum Gasteiger partial charge on any atom is 0.146 e. The van der Waals surface area contributed by atoms with Crippen molar-refractivity contribution in [3.63, 3.8) is 0 Å². The van der Waals surface area contributed by atoms with E-state index in [1.54, 1.807) is 7.11 Å². The minimum absolute atomic E-state index is 0.00192. The third kappa shape index (κ3) is 6.27. The van der Waals surface area contributed by atoms with E-state index in [-0.39, 0.29) is 19.5 Å². The van der Waals surface area contributed by atoms with Crippen LogP contribution >= 0.6 is 0 Å². The van der Waals surface area contributed by atoms with Crippen molar-refractivity contribution < 1.29 is 19.3 Å². The summed E-state index contributed by atoms with van der Waals surface area (Å²) in [6, 6.07) is 31.3. The Morgan fingerprint density at radius 1 is 0.719 bits per heavy atom. The first-order chi connectivity index (χ1) is 15.8. The average molecular weight is 435 g/mol. The minimum atomic E-state index is -0.680. The van der Waals surface area contributed by atoms with Gasteiger partial charge in [0, 0.05) is 20.3 Å². The lowest BCUT2D eigenvalue weighted by molar-refractivity contribution is -0.0811. The zero-order valence-electron chi connectivity index (χ0n) is 18.9. The highest BCUT2D eigenvalue weighted by atomic mass is 16.7. The molecule has 32 heavy (non-hydrogen) atoms. The number of aliphatic hydroxyl groups excluding tert-OH is 1. The van der Waals surface area contributed by atoms with Gasteiger partial charge >= 0.3 is 0 Å². The normalized spacial score (nSPS) is 12.6. The van der Waals surface area contributed by atoms with E-state index in [0.717, 1.165) is 36.0 Å². The zero-order chi connectivity index (χ0) is 22.5. The summed E-state index contributed by atoms with van der Waals surface area (Å²) in [7, 11) is 1.61. The highest BCUT2D eigenvalue weighted by Gasteiger charge is 2.37. The SMILES string of the molecule is COCO[C@@H](CCO)CCCCOC(c1ccccc1)(c1ccccc1)c1ccccc1. The molecule has 1 N–H and O–H groups in total. The summed E-state index contributed by atoms with van der Waals surface area (Å²) in [6.45, 7) is 0.971. The van der Waals surface area contributed by atoms with Gasteiger partial charge in [-0.15, -0.1) is 0 Å². The summed E-state index contributed by atoms with van der Waals surface area (Å²) in [4.78, 5) is 0. The monoisotopic (exact) mass is 434 g/mol. The van der Waals surface area contributed by atoms with Gasteiger partial charge in [-0.3, -0.25) is 0 Å². The van der Waals surface area contributed by atoms with Crippen molar-refractivity contribution in [2.75, 3.05) is 27.1 Å². The molecule has 0 unspecified atom stereocenters. The fraction of sp³-hybridized carbons (Fsp3) is 0.357. The van der Waals surface area contributed by atoms with Crippen molar-refractivity contribution in [1.29, 1.82) is 0 Å². The van der Waals surface area contributed by atoms with Crippen LogP contribution in [0.4, 0.5) is 0 Å². The number of methoxy groups -OCH3 is 1. The lowest BCUT2D eigenvalue weighted by atomic mass is 9.80. The van der Waals surface area contributed by atoms with Crippen LogP contribution in [0.1, 0.15) is 42.4 Å². The van der Waals surface area contributed by atoms with Gasteiger partial charge in [0.25, 0.3) is 0 Å². The molecule has 0 aliphatic heterocycles. The fourth-order valence-corrected chi connectivity index (χ4v) is 4.09. The first-order valence-corrected chi connectivity index (χ1v) is 11.3. The van der Waals surface area contributed by atoms with E-state index in [1.807, 2.05) is 18.2 Å². The van der Waals surface area contributed by atoms with Crippen LogP contribution in [-0.2, 0) is 19.8 Å². The van der Waals surface area contributed by atoms with Crippen molar-refractivity contribution in [3.05, 3.63) is 108 Å². The van der Waals surface area contributed by atoms with Crippen LogP contribution in [0.5, 0.6) is 0 Å². The van der Waals surface area contributed by atoms with E-state index in [4.69, 9.17) is 14.2 Å². The molecule has 0 saturated carbocycles. The Hall–Kier alpha value is -2.50. The second-order valence-corrected chi connectivity index (χ2v) is 7.83. The van der Waals surface area contributed by atoms with Gasteiger partial charge in [0.15, 0.2) is 0 Å². The Bertz CT molecular complexity index is 771. The highest BCUT2D eigenvalue weighted by molar-refractivity contribution is 5.47. The van der Waals surface area contributed by atoms with Crippen LogP contribution < -0.4 is 0 Å².